The molecule has 0 atom stereocenters. The van der Waals surface area contributed by atoms with E-state index in [1.807, 2.05) is 53.9 Å². The molecule has 2 aromatic heterocycles. The van der Waals surface area contributed by atoms with E-state index in [4.69, 9.17) is 9.72 Å². The van der Waals surface area contributed by atoms with Crippen LogP contribution in [0, 0.1) is 11.3 Å². The van der Waals surface area contributed by atoms with Crippen molar-refractivity contribution in [1.82, 2.24) is 14.7 Å². The molecule has 2 heterocycles. The van der Waals surface area contributed by atoms with Crippen LogP contribution in [0.4, 0.5) is 4.79 Å². The number of aromatic nitrogens is 2. The topological polar surface area (TPSA) is 79.4 Å². The number of hydrogen-bond acceptors (Lipinski definition) is 4. The molecule has 0 spiro atoms. The molecule has 172 valence electrons. The highest BCUT2D eigenvalue weighted by Crippen LogP contribution is 2.43. The van der Waals surface area contributed by atoms with Crippen LogP contribution in [0.5, 0.6) is 0 Å². The van der Waals surface area contributed by atoms with Gasteiger partial charge in [-0.2, -0.15) is 5.26 Å². The van der Waals surface area contributed by atoms with Crippen LogP contribution in [0.1, 0.15) is 37.3 Å². The van der Waals surface area contributed by atoms with E-state index in [2.05, 4.69) is 47.8 Å². The number of pyridine rings is 1. The quantitative estimate of drug-likeness (QED) is 0.372. The number of nitrogens with zero attached hydrogens (tertiary/aromatic N) is 3. The van der Waals surface area contributed by atoms with Gasteiger partial charge in [0, 0.05) is 17.3 Å². The lowest BCUT2D eigenvalue weighted by Crippen LogP contribution is -2.51. The van der Waals surface area contributed by atoms with Crippen molar-refractivity contribution in [3.63, 3.8) is 0 Å². The first-order chi connectivity index (χ1) is 17.0. The molecular weight excluding hydrogens is 436 g/mol. The SMILES string of the molecule is CC1(OC(=O)NC2(c3ccc(-c4nc5ccc(C#N)cn5c4-c4ccccc4)cc3)CCC2)C=C1. The number of rotatable bonds is 5. The molecule has 1 saturated carbocycles. The Morgan fingerprint density at radius 2 is 1.77 bits per heavy atom. The summed E-state index contributed by atoms with van der Waals surface area (Å²) >= 11 is 0. The van der Waals surface area contributed by atoms with E-state index in [1.54, 1.807) is 6.07 Å². The van der Waals surface area contributed by atoms with Crippen molar-refractivity contribution in [3.05, 3.63) is 96.2 Å². The number of benzene rings is 2. The van der Waals surface area contributed by atoms with Gasteiger partial charge in [0.05, 0.1) is 22.5 Å². The average molecular weight is 461 g/mol. The van der Waals surface area contributed by atoms with Crippen molar-refractivity contribution < 1.29 is 9.53 Å². The minimum atomic E-state index is -0.540. The van der Waals surface area contributed by atoms with Gasteiger partial charge in [-0.05, 0) is 56.0 Å². The second-order valence-corrected chi connectivity index (χ2v) is 9.48. The van der Waals surface area contributed by atoms with Crippen LogP contribution in [0.15, 0.2) is 85.1 Å². The van der Waals surface area contributed by atoms with Crippen LogP contribution in [0.3, 0.4) is 0 Å². The predicted octanol–water partition coefficient (Wildman–Crippen LogP) is 5.97. The average Bonchev–Trinajstić information content (AvgIpc) is 3.45. The van der Waals surface area contributed by atoms with Gasteiger partial charge in [-0.25, -0.2) is 9.78 Å². The summed E-state index contributed by atoms with van der Waals surface area (Å²) < 4.78 is 7.50. The number of imidazole rings is 1. The highest BCUT2D eigenvalue weighted by molar-refractivity contribution is 5.82. The Morgan fingerprint density at radius 3 is 2.40 bits per heavy atom. The Labute approximate surface area is 203 Å². The van der Waals surface area contributed by atoms with Gasteiger partial charge in [0.25, 0.3) is 0 Å². The molecule has 6 heteroatoms. The Kier molecular flexibility index (Phi) is 4.75. The Bertz CT molecular complexity index is 1500. The Hall–Kier alpha value is -4.37. The molecule has 35 heavy (non-hydrogen) atoms. The normalized spacial score (nSPS) is 16.8. The van der Waals surface area contributed by atoms with Gasteiger partial charge >= 0.3 is 6.09 Å². The predicted molar refractivity (Wildman–Crippen MR) is 133 cm³/mol. The molecule has 4 aromatic rings. The summed E-state index contributed by atoms with van der Waals surface area (Å²) in [6.07, 6.45) is 8.00. The molecule has 0 saturated heterocycles. The van der Waals surface area contributed by atoms with Crippen molar-refractivity contribution in [2.75, 3.05) is 0 Å². The number of nitriles is 1. The number of hydrogen-bond donors (Lipinski definition) is 1. The number of fused-ring (bicyclic) bond motifs is 1. The minimum Gasteiger partial charge on any atom is -0.435 e. The lowest BCUT2D eigenvalue weighted by atomic mass is 9.71. The standard InChI is InChI=1S/C29H24N4O2/c1-28(16-17-28)35-27(34)32-29(14-5-15-29)23-11-9-21(10-12-23)25-26(22-6-3-2-4-7-22)33-19-20(18-30)8-13-24(33)31-25/h2-4,6-13,16-17,19H,5,14-15H2,1H3,(H,32,34). The van der Waals surface area contributed by atoms with Gasteiger partial charge < -0.3 is 10.1 Å². The van der Waals surface area contributed by atoms with Crippen LogP contribution >= 0.6 is 0 Å². The van der Waals surface area contributed by atoms with Crippen LogP contribution in [0.25, 0.3) is 28.2 Å². The maximum absolute atomic E-state index is 12.5. The summed E-state index contributed by atoms with van der Waals surface area (Å²) in [5.41, 5.74) is 5.27. The molecule has 6 rings (SSSR count). The zero-order valence-electron chi connectivity index (χ0n) is 19.4. The zero-order valence-corrected chi connectivity index (χ0v) is 19.4. The molecule has 2 aliphatic rings. The minimum absolute atomic E-state index is 0.388. The number of carbonyl (C=O) groups excluding carboxylic acids is 1. The number of nitrogens with one attached hydrogen (secondary N) is 1. The molecular formula is C29H24N4O2. The van der Waals surface area contributed by atoms with Gasteiger partial charge in [-0.15, -0.1) is 0 Å². The summed E-state index contributed by atoms with van der Waals surface area (Å²) in [5.74, 6) is 0. The largest absolute Gasteiger partial charge is 0.435 e. The maximum Gasteiger partial charge on any atom is 0.409 e. The number of carbonyl (C=O) groups is 1. The second-order valence-electron chi connectivity index (χ2n) is 9.48. The van der Waals surface area contributed by atoms with Crippen LogP contribution in [0.2, 0.25) is 0 Å². The Morgan fingerprint density at radius 1 is 1.03 bits per heavy atom. The smallest absolute Gasteiger partial charge is 0.409 e. The first-order valence-corrected chi connectivity index (χ1v) is 11.8. The van der Waals surface area contributed by atoms with Crippen molar-refractivity contribution in [3.8, 4) is 28.6 Å². The van der Waals surface area contributed by atoms with E-state index in [9.17, 15) is 10.1 Å². The van der Waals surface area contributed by atoms with Crippen molar-refractivity contribution in [2.45, 2.75) is 37.3 Å². The first-order valence-electron chi connectivity index (χ1n) is 11.8. The summed E-state index contributed by atoms with van der Waals surface area (Å²) in [6.45, 7) is 1.87. The van der Waals surface area contributed by atoms with Gasteiger partial charge in [-0.3, -0.25) is 4.40 Å². The van der Waals surface area contributed by atoms with Gasteiger partial charge in [0.1, 0.15) is 17.3 Å². The summed E-state index contributed by atoms with van der Waals surface area (Å²) in [7, 11) is 0. The number of ether oxygens (including phenoxy) is 1. The third-order valence-corrected chi connectivity index (χ3v) is 7.00. The fourth-order valence-electron chi connectivity index (χ4n) is 4.75. The molecule has 0 aliphatic heterocycles. The fourth-order valence-corrected chi connectivity index (χ4v) is 4.75. The van der Waals surface area contributed by atoms with Gasteiger partial charge in [-0.1, -0.05) is 54.6 Å². The molecule has 0 unspecified atom stereocenters. The van der Waals surface area contributed by atoms with Crippen molar-refractivity contribution in [2.24, 2.45) is 0 Å². The third kappa shape index (κ3) is 3.75. The van der Waals surface area contributed by atoms with Gasteiger partial charge in [0.2, 0.25) is 0 Å². The molecule has 0 radical (unpaired) electrons. The molecule has 6 nitrogen and oxygen atoms in total. The van der Waals surface area contributed by atoms with E-state index in [1.165, 1.54) is 0 Å². The lowest BCUT2D eigenvalue weighted by molar-refractivity contribution is 0.0820. The van der Waals surface area contributed by atoms with Crippen molar-refractivity contribution in [1.29, 1.82) is 5.26 Å². The monoisotopic (exact) mass is 460 g/mol. The summed E-state index contributed by atoms with van der Waals surface area (Å²) in [5, 5.41) is 12.5. The van der Waals surface area contributed by atoms with Crippen molar-refractivity contribution >= 4 is 11.7 Å². The number of amides is 1. The van der Waals surface area contributed by atoms with E-state index >= 15 is 0 Å². The molecule has 0 bridgehead atoms. The molecule has 2 aromatic carbocycles. The maximum atomic E-state index is 12.5. The fraction of sp³-hybridized carbons (Fsp3) is 0.207. The third-order valence-electron chi connectivity index (χ3n) is 7.00. The van der Waals surface area contributed by atoms with Crippen LogP contribution < -0.4 is 5.32 Å². The highest BCUT2D eigenvalue weighted by atomic mass is 16.6. The van der Waals surface area contributed by atoms with E-state index in [0.717, 1.165) is 53.0 Å². The van der Waals surface area contributed by atoms with Gasteiger partial charge in [0.15, 0.2) is 0 Å². The highest BCUT2D eigenvalue weighted by Gasteiger charge is 2.42. The Balaban J connectivity index is 1.37. The summed E-state index contributed by atoms with van der Waals surface area (Å²) in [6, 6.07) is 24.2. The molecule has 1 N–H and O–H groups in total. The van der Waals surface area contributed by atoms with E-state index < -0.39 is 11.1 Å². The first kappa shape index (κ1) is 21.2. The van der Waals surface area contributed by atoms with E-state index in [0.29, 0.717) is 5.56 Å². The molecule has 2 aliphatic carbocycles. The summed E-state index contributed by atoms with van der Waals surface area (Å²) in [4.78, 5) is 17.4. The van der Waals surface area contributed by atoms with Crippen LogP contribution in [-0.2, 0) is 10.3 Å². The van der Waals surface area contributed by atoms with Crippen LogP contribution in [-0.4, -0.2) is 21.1 Å². The molecule has 1 fully saturated rings. The zero-order chi connectivity index (χ0) is 24.0. The molecule has 1 amide bonds. The number of alkyl carbamates (subject to hydrolysis) is 1. The van der Waals surface area contributed by atoms with E-state index in [-0.39, 0.29) is 6.09 Å². The second kappa shape index (κ2) is 7.85. The lowest BCUT2D eigenvalue weighted by Gasteiger charge is -2.43.